The molecular weight excluding hydrogens is 365 g/mol. The number of benzene rings is 1. The van der Waals surface area contributed by atoms with E-state index < -0.39 is 38.8 Å². The summed E-state index contributed by atoms with van der Waals surface area (Å²) in [5.41, 5.74) is -5.87. The fourth-order valence-electron chi connectivity index (χ4n) is 1.32. The first-order chi connectivity index (χ1) is 10.5. The first-order valence-corrected chi connectivity index (χ1v) is 7.35. The maximum Gasteiger partial charge on any atom is 0.485 e. The Hall–Kier alpha value is -1.79. The topological polar surface area (TPSA) is 83.5 Å². The number of halogens is 5. The smallest absolute Gasteiger partial charge is 0.485 e. The van der Waals surface area contributed by atoms with Crippen LogP contribution in [0.25, 0.3) is 0 Å². The van der Waals surface area contributed by atoms with Crippen LogP contribution in [-0.2, 0) is 14.9 Å². The second-order valence-corrected chi connectivity index (χ2v) is 6.54. The number of nitrogens with zero attached hydrogens (tertiary/aromatic N) is 1. The molecule has 0 radical (unpaired) electrons. The van der Waals surface area contributed by atoms with Crippen LogP contribution in [0.4, 0.5) is 27.6 Å². The number of carbonyl (C=O) groups excluding carboxylic acids is 1. The summed E-state index contributed by atoms with van der Waals surface area (Å²) in [6, 6.07) is 2.60. The molecule has 0 N–H and O–H groups in total. The molecule has 1 aromatic rings. The van der Waals surface area contributed by atoms with E-state index in [0.29, 0.717) is 0 Å². The first kappa shape index (κ1) is 22.2. The van der Waals surface area contributed by atoms with Gasteiger partial charge in [0.1, 0.15) is 0 Å². The summed E-state index contributed by atoms with van der Waals surface area (Å²) in [5.74, 6) is -3.07. The van der Waals surface area contributed by atoms with Crippen LogP contribution < -0.4 is 4.48 Å². The molecule has 0 saturated heterocycles. The fraction of sp³-hybridized carbons (Fsp3) is 0.417. The van der Waals surface area contributed by atoms with Gasteiger partial charge >= 0.3 is 11.5 Å². The quantitative estimate of drug-likeness (QED) is 0.258. The minimum Gasteiger partial charge on any atom is -0.741 e. The van der Waals surface area contributed by atoms with Crippen molar-refractivity contribution in [3.63, 3.8) is 0 Å². The van der Waals surface area contributed by atoms with Gasteiger partial charge in [0, 0.05) is 6.07 Å². The molecule has 1 aromatic carbocycles. The second-order valence-electron chi connectivity index (χ2n) is 5.16. The Balaban J connectivity index is 0.000000561. The van der Waals surface area contributed by atoms with Gasteiger partial charge in [-0.3, -0.25) is 4.48 Å². The summed E-state index contributed by atoms with van der Waals surface area (Å²) in [4.78, 5) is 11.1. The molecule has 0 aromatic heterocycles. The van der Waals surface area contributed by atoms with Gasteiger partial charge in [-0.15, -0.1) is 0 Å². The SMILES string of the molecule is COC(=O)c1ccc([N+](C)(C)C)c(F)c1F.O=S(=O)([O-])C(F)(F)F. The van der Waals surface area contributed by atoms with Gasteiger partial charge in [-0.05, 0) is 6.07 Å². The molecule has 6 nitrogen and oxygen atoms in total. The molecule has 0 bridgehead atoms. The minimum absolute atomic E-state index is 0.129. The van der Waals surface area contributed by atoms with Crippen LogP contribution in [0.15, 0.2) is 12.1 Å². The summed E-state index contributed by atoms with van der Waals surface area (Å²) in [6.07, 6.45) is 0. The lowest BCUT2D eigenvalue weighted by Gasteiger charge is -2.24. The van der Waals surface area contributed by atoms with Crippen molar-refractivity contribution in [2.45, 2.75) is 5.51 Å². The minimum atomic E-state index is -6.09. The highest BCUT2D eigenvalue weighted by Crippen LogP contribution is 2.26. The largest absolute Gasteiger partial charge is 0.741 e. The maximum atomic E-state index is 13.7. The number of alkyl halides is 3. The lowest BCUT2D eigenvalue weighted by Crippen LogP contribution is -2.36. The van der Waals surface area contributed by atoms with E-state index >= 15 is 0 Å². The number of esters is 1. The van der Waals surface area contributed by atoms with Crippen molar-refractivity contribution in [1.82, 2.24) is 4.48 Å². The van der Waals surface area contributed by atoms with E-state index in [1.54, 1.807) is 21.1 Å². The van der Waals surface area contributed by atoms with Crippen molar-refractivity contribution < 1.29 is 44.5 Å². The van der Waals surface area contributed by atoms with Gasteiger partial charge in [0.25, 0.3) is 0 Å². The molecule has 24 heavy (non-hydrogen) atoms. The average molecular weight is 379 g/mol. The Morgan fingerprint density at radius 3 is 1.83 bits per heavy atom. The van der Waals surface area contributed by atoms with Gasteiger partial charge in [-0.1, -0.05) is 0 Å². The van der Waals surface area contributed by atoms with Gasteiger partial charge in [0.2, 0.25) is 5.82 Å². The van der Waals surface area contributed by atoms with Crippen LogP contribution in [0, 0.1) is 11.6 Å². The Labute approximate surface area is 134 Å². The Kier molecular flexibility index (Phi) is 6.85. The first-order valence-electron chi connectivity index (χ1n) is 5.94. The summed E-state index contributed by atoms with van der Waals surface area (Å²) in [5, 5.41) is 0. The van der Waals surface area contributed by atoms with Crippen molar-refractivity contribution >= 4 is 21.8 Å². The van der Waals surface area contributed by atoms with E-state index in [2.05, 4.69) is 4.74 Å². The number of carbonyl (C=O) groups is 1. The van der Waals surface area contributed by atoms with E-state index in [-0.39, 0.29) is 10.2 Å². The molecule has 0 atom stereocenters. The third-order valence-electron chi connectivity index (χ3n) is 2.47. The molecule has 0 spiro atoms. The predicted octanol–water partition coefficient (Wildman–Crippen LogP) is 2.00. The highest BCUT2D eigenvalue weighted by Gasteiger charge is 2.36. The standard InChI is InChI=1S/C11H14F2NO2.CHF3O3S/c1-14(2,3)8-6-5-7(11(15)16-4)9(12)10(8)13;2-1(3,4)8(5,6)7/h5-6H,1-4H3;(H,5,6,7)/q+1;/p-1. The summed E-state index contributed by atoms with van der Waals surface area (Å²) >= 11 is 0. The number of quaternary nitrogens is 1. The number of rotatable bonds is 2. The van der Waals surface area contributed by atoms with Crippen molar-refractivity contribution in [3.8, 4) is 0 Å². The fourth-order valence-corrected chi connectivity index (χ4v) is 1.32. The number of hydrogen-bond donors (Lipinski definition) is 0. The molecule has 1 rings (SSSR count). The van der Waals surface area contributed by atoms with Gasteiger partial charge in [-0.2, -0.15) is 17.6 Å². The van der Waals surface area contributed by atoms with Crippen molar-refractivity contribution in [2.24, 2.45) is 0 Å². The lowest BCUT2D eigenvalue weighted by atomic mass is 10.1. The zero-order valence-corrected chi connectivity index (χ0v) is 13.8. The molecule has 0 fully saturated rings. The highest BCUT2D eigenvalue weighted by molar-refractivity contribution is 7.86. The van der Waals surface area contributed by atoms with Gasteiger partial charge in [0.15, 0.2) is 21.6 Å². The third kappa shape index (κ3) is 5.69. The van der Waals surface area contributed by atoms with Crippen molar-refractivity contribution in [3.05, 3.63) is 29.3 Å². The summed E-state index contributed by atoms with van der Waals surface area (Å²) in [6.45, 7) is 0. The second kappa shape index (κ2) is 7.40. The summed E-state index contributed by atoms with van der Waals surface area (Å²) in [7, 11) is 0.140. The zero-order chi connectivity index (χ0) is 19.5. The molecule has 0 aliphatic heterocycles. The molecular formula is C12H14F5NO5S. The normalized spacial score (nSPS) is 12.2. The van der Waals surface area contributed by atoms with E-state index in [1.807, 2.05) is 0 Å². The predicted molar refractivity (Wildman–Crippen MR) is 73.0 cm³/mol. The Bertz CT molecular complexity index is 710. The van der Waals surface area contributed by atoms with Gasteiger partial charge in [-0.25, -0.2) is 17.6 Å². The van der Waals surface area contributed by atoms with E-state index in [0.717, 1.165) is 7.11 Å². The van der Waals surface area contributed by atoms with Crippen molar-refractivity contribution in [2.75, 3.05) is 28.3 Å². The van der Waals surface area contributed by atoms with E-state index in [9.17, 15) is 26.7 Å². The maximum absolute atomic E-state index is 13.7. The van der Waals surface area contributed by atoms with Gasteiger partial charge in [0.05, 0.1) is 33.8 Å². The van der Waals surface area contributed by atoms with E-state index in [1.165, 1.54) is 12.1 Å². The highest BCUT2D eigenvalue weighted by atomic mass is 32.2. The zero-order valence-electron chi connectivity index (χ0n) is 12.9. The number of ether oxygens (including phenoxy) is 1. The van der Waals surface area contributed by atoms with Crippen LogP contribution in [-0.4, -0.2) is 52.7 Å². The Morgan fingerprint density at radius 1 is 1.12 bits per heavy atom. The van der Waals surface area contributed by atoms with E-state index in [4.69, 9.17) is 13.0 Å². The van der Waals surface area contributed by atoms with Crippen LogP contribution in [0.3, 0.4) is 0 Å². The molecule has 0 unspecified atom stereocenters. The molecule has 0 aliphatic carbocycles. The molecule has 0 aliphatic rings. The molecule has 138 valence electrons. The van der Waals surface area contributed by atoms with Crippen LogP contribution in [0.5, 0.6) is 0 Å². The van der Waals surface area contributed by atoms with Crippen molar-refractivity contribution in [1.29, 1.82) is 0 Å². The number of methoxy groups -OCH3 is 1. The lowest BCUT2D eigenvalue weighted by molar-refractivity contribution is -0.0517. The van der Waals surface area contributed by atoms with Crippen LogP contribution in [0.2, 0.25) is 0 Å². The molecule has 0 saturated carbocycles. The molecule has 0 amide bonds. The molecule has 0 heterocycles. The average Bonchev–Trinajstić information content (AvgIpc) is 2.38. The number of hydrogen-bond acceptors (Lipinski definition) is 5. The van der Waals surface area contributed by atoms with Gasteiger partial charge < -0.3 is 9.29 Å². The Morgan fingerprint density at radius 2 is 1.54 bits per heavy atom. The molecule has 12 heteroatoms. The van der Waals surface area contributed by atoms with Crippen LogP contribution >= 0.6 is 0 Å². The third-order valence-corrected chi connectivity index (χ3v) is 3.04. The monoisotopic (exact) mass is 379 g/mol. The summed E-state index contributed by atoms with van der Waals surface area (Å²) < 4.78 is 90.6. The van der Waals surface area contributed by atoms with Crippen LogP contribution in [0.1, 0.15) is 10.4 Å².